The lowest BCUT2D eigenvalue weighted by atomic mass is 9.78. The van der Waals surface area contributed by atoms with Crippen molar-refractivity contribution in [2.75, 3.05) is 5.32 Å². The Balaban J connectivity index is 1.43. The molecule has 1 aliphatic rings. The van der Waals surface area contributed by atoms with Crippen LogP contribution in [0.15, 0.2) is 84.9 Å². The van der Waals surface area contributed by atoms with Crippen LogP contribution in [0.2, 0.25) is 0 Å². The number of benzene rings is 3. The Morgan fingerprint density at radius 1 is 0.821 bits per heavy atom. The van der Waals surface area contributed by atoms with Gasteiger partial charge in [0, 0.05) is 5.69 Å². The Morgan fingerprint density at radius 3 is 2.07 bits per heavy atom. The van der Waals surface area contributed by atoms with Crippen LogP contribution in [0.5, 0.6) is 5.75 Å². The molecule has 3 heteroatoms. The van der Waals surface area contributed by atoms with Gasteiger partial charge in [-0.25, -0.2) is 0 Å². The highest BCUT2D eigenvalue weighted by molar-refractivity contribution is 5.99. The summed E-state index contributed by atoms with van der Waals surface area (Å²) in [6.07, 6.45) is 3.99. The molecule has 4 rings (SSSR count). The van der Waals surface area contributed by atoms with Crippen molar-refractivity contribution in [2.24, 2.45) is 0 Å². The fourth-order valence-electron chi connectivity index (χ4n) is 4.01. The zero-order chi connectivity index (χ0) is 19.2. The van der Waals surface area contributed by atoms with E-state index in [0.29, 0.717) is 6.61 Å². The summed E-state index contributed by atoms with van der Waals surface area (Å²) in [6.45, 7) is 0.531. The van der Waals surface area contributed by atoms with Crippen LogP contribution in [0.3, 0.4) is 0 Å². The van der Waals surface area contributed by atoms with Crippen LogP contribution in [-0.4, -0.2) is 5.91 Å². The maximum atomic E-state index is 13.2. The third kappa shape index (κ3) is 3.94. The zero-order valence-electron chi connectivity index (χ0n) is 15.9. The Morgan fingerprint density at radius 2 is 1.43 bits per heavy atom. The molecular formula is C25H25NO2. The van der Waals surface area contributed by atoms with Crippen LogP contribution in [0.25, 0.3) is 0 Å². The second-order valence-electron chi connectivity index (χ2n) is 7.41. The molecule has 0 atom stereocenters. The van der Waals surface area contributed by atoms with Crippen LogP contribution in [-0.2, 0) is 16.8 Å². The standard InChI is InChI=1S/C25H25NO2/c27-24(25(17-7-8-18-25)21-11-5-2-6-12-21)26-22-13-15-23(16-14-22)28-19-20-9-3-1-4-10-20/h1-6,9-16H,7-8,17-19H2,(H,26,27). The first kappa shape index (κ1) is 18.3. The normalized spacial score (nSPS) is 15.1. The number of hydrogen-bond donors (Lipinski definition) is 1. The lowest BCUT2D eigenvalue weighted by Gasteiger charge is -2.28. The molecule has 28 heavy (non-hydrogen) atoms. The highest BCUT2D eigenvalue weighted by Gasteiger charge is 2.42. The first-order valence-corrected chi connectivity index (χ1v) is 9.90. The van der Waals surface area contributed by atoms with E-state index in [4.69, 9.17) is 4.74 Å². The van der Waals surface area contributed by atoms with Gasteiger partial charge in [0.05, 0.1) is 5.41 Å². The number of amides is 1. The van der Waals surface area contributed by atoms with Crippen LogP contribution in [0, 0.1) is 0 Å². The van der Waals surface area contributed by atoms with E-state index in [1.165, 1.54) is 0 Å². The van der Waals surface area contributed by atoms with Crippen molar-refractivity contribution in [3.63, 3.8) is 0 Å². The quantitative estimate of drug-likeness (QED) is 0.602. The molecule has 0 spiro atoms. The molecule has 3 nitrogen and oxygen atoms in total. The summed E-state index contributed by atoms with van der Waals surface area (Å²) >= 11 is 0. The Bertz CT molecular complexity index is 898. The van der Waals surface area contributed by atoms with Gasteiger partial charge in [-0.05, 0) is 48.2 Å². The van der Waals surface area contributed by atoms with Crippen molar-refractivity contribution in [3.8, 4) is 5.75 Å². The molecule has 3 aromatic rings. The number of carbonyl (C=O) groups excluding carboxylic acids is 1. The van der Waals surface area contributed by atoms with E-state index in [1.54, 1.807) is 0 Å². The van der Waals surface area contributed by atoms with Gasteiger partial charge in [0.1, 0.15) is 12.4 Å². The molecule has 1 aliphatic carbocycles. The molecule has 1 N–H and O–H groups in total. The van der Waals surface area contributed by atoms with Gasteiger partial charge in [-0.3, -0.25) is 4.79 Å². The Hall–Kier alpha value is -3.07. The maximum Gasteiger partial charge on any atom is 0.235 e. The second kappa shape index (κ2) is 8.30. The third-order valence-electron chi connectivity index (χ3n) is 5.58. The fraction of sp³-hybridized carbons (Fsp3) is 0.240. The Labute approximate surface area is 166 Å². The van der Waals surface area contributed by atoms with Gasteiger partial charge in [-0.1, -0.05) is 73.5 Å². The van der Waals surface area contributed by atoms with E-state index >= 15 is 0 Å². The lowest BCUT2D eigenvalue weighted by molar-refractivity contribution is -0.121. The molecular weight excluding hydrogens is 346 g/mol. The topological polar surface area (TPSA) is 38.3 Å². The summed E-state index contributed by atoms with van der Waals surface area (Å²) < 4.78 is 5.83. The number of anilines is 1. The molecule has 142 valence electrons. The average molecular weight is 371 g/mol. The van der Waals surface area contributed by atoms with Crippen molar-refractivity contribution in [1.82, 2.24) is 0 Å². The van der Waals surface area contributed by atoms with Crippen molar-refractivity contribution in [2.45, 2.75) is 37.7 Å². The van der Waals surface area contributed by atoms with Gasteiger partial charge in [0.15, 0.2) is 0 Å². The summed E-state index contributed by atoms with van der Waals surface area (Å²) in [7, 11) is 0. The van der Waals surface area contributed by atoms with Crippen LogP contribution >= 0.6 is 0 Å². The zero-order valence-corrected chi connectivity index (χ0v) is 15.9. The summed E-state index contributed by atoms with van der Waals surface area (Å²) in [5.74, 6) is 0.884. The van der Waals surface area contributed by atoms with Gasteiger partial charge < -0.3 is 10.1 Å². The largest absolute Gasteiger partial charge is 0.489 e. The summed E-state index contributed by atoms with van der Waals surface area (Å²) in [5, 5.41) is 3.13. The van der Waals surface area contributed by atoms with Crippen LogP contribution in [0.1, 0.15) is 36.8 Å². The van der Waals surface area contributed by atoms with Gasteiger partial charge in [0.2, 0.25) is 5.91 Å². The number of rotatable bonds is 6. The fourth-order valence-corrected chi connectivity index (χ4v) is 4.01. The molecule has 0 radical (unpaired) electrons. The van der Waals surface area contributed by atoms with Gasteiger partial charge in [0.25, 0.3) is 0 Å². The molecule has 0 unspecified atom stereocenters. The molecule has 0 aromatic heterocycles. The van der Waals surface area contributed by atoms with Crippen molar-refractivity contribution < 1.29 is 9.53 Å². The molecule has 0 bridgehead atoms. The van der Waals surface area contributed by atoms with Crippen molar-refractivity contribution >= 4 is 11.6 Å². The van der Waals surface area contributed by atoms with Gasteiger partial charge in [-0.15, -0.1) is 0 Å². The van der Waals surface area contributed by atoms with Crippen LogP contribution < -0.4 is 10.1 Å². The van der Waals surface area contributed by atoms with Gasteiger partial charge >= 0.3 is 0 Å². The smallest absolute Gasteiger partial charge is 0.235 e. The third-order valence-corrected chi connectivity index (χ3v) is 5.58. The second-order valence-corrected chi connectivity index (χ2v) is 7.41. The Kier molecular flexibility index (Phi) is 5.43. The maximum absolute atomic E-state index is 13.2. The molecule has 1 amide bonds. The average Bonchev–Trinajstić information content (AvgIpc) is 3.26. The summed E-state index contributed by atoms with van der Waals surface area (Å²) in [5.41, 5.74) is 2.64. The molecule has 3 aromatic carbocycles. The number of carbonyl (C=O) groups is 1. The highest BCUT2D eigenvalue weighted by Crippen LogP contribution is 2.42. The monoisotopic (exact) mass is 371 g/mol. The minimum Gasteiger partial charge on any atom is -0.489 e. The van der Waals surface area contributed by atoms with Crippen molar-refractivity contribution in [1.29, 1.82) is 0 Å². The lowest BCUT2D eigenvalue weighted by Crippen LogP contribution is -2.37. The SMILES string of the molecule is O=C(Nc1ccc(OCc2ccccc2)cc1)C1(c2ccccc2)CCCC1. The van der Waals surface area contributed by atoms with Gasteiger partial charge in [-0.2, -0.15) is 0 Å². The molecule has 1 saturated carbocycles. The van der Waals surface area contributed by atoms with E-state index < -0.39 is 5.41 Å². The van der Waals surface area contributed by atoms with E-state index in [2.05, 4.69) is 17.4 Å². The van der Waals surface area contributed by atoms with Crippen molar-refractivity contribution in [3.05, 3.63) is 96.1 Å². The minimum absolute atomic E-state index is 0.0918. The molecule has 0 heterocycles. The first-order chi connectivity index (χ1) is 13.8. The first-order valence-electron chi connectivity index (χ1n) is 9.90. The van der Waals surface area contributed by atoms with E-state index in [0.717, 1.165) is 48.2 Å². The highest BCUT2D eigenvalue weighted by atomic mass is 16.5. The van der Waals surface area contributed by atoms with E-state index in [-0.39, 0.29) is 5.91 Å². The predicted octanol–water partition coefficient (Wildman–Crippen LogP) is 5.72. The molecule has 0 aliphatic heterocycles. The molecule has 1 fully saturated rings. The minimum atomic E-state index is -0.413. The van der Waals surface area contributed by atoms with Crippen LogP contribution in [0.4, 0.5) is 5.69 Å². The summed E-state index contributed by atoms with van der Waals surface area (Å²) in [4.78, 5) is 13.2. The number of hydrogen-bond acceptors (Lipinski definition) is 2. The van der Waals surface area contributed by atoms with E-state index in [1.807, 2.05) is 72.8 Å². The predicted molar refractivity (Wildman–Crippen MR) is 112 cm³/mol. The molecule has 0 saturated heterocycles. The summed E-state index contributed by atoms with van der Waals surface area (Å²) in [6, 6.07) is 27.9. The van der Waals surface area contributed by atoms with E-state index in [9.17, 15) is 4.79 Å². The number of nitrogens with one attached hydrogen (secondary N) is 1. The number of ether oxygens (including phenoxy) is 1.